The van der Waals surface area contributed by atoms with E-state index >= 15 is 0 Å². The van der Waals surface area contributed by atoms with Crippen molar-refractivity contribution in [3.63, 3.8) is 0 Å². The first-order valence-electron chi connectivity index (χ1n) is 8.29. The van der Waals surface area contributed by atoms with E-state index in [-0.39, 0.29) is 0 Å². The molecule has 5 atom stereocenters. The first kappa shape index (κ1) is 13.3. The quantitative estimate of drug-likeness (QED) is 0.924. The van der Waals surface area contributed by atoms with Gasteiger partial charge in [-0.3, -0.25) is 4.79 Å². The zero-order valence-corrected chi connectivity index (χ0v) is 12.3. The summed E-state index contributed by atoms with van der Waals surface area (Å²) in [5, 5.41) is 10.3. The molecule has 1 N–H and O–H groups in total. The van der Waals surface area contributed by atoms with E-state index in [0.29, 0.717) is 36.8 Å². The number of rotatable bonds is 4. The lowest BCUT2D eigenvalue weighted by atomic mass is 9.55. The molecule has 2 aliphatic carbocycles. The van der Waals surface area contributed by atoms with Crippen molar-refractivity contribution in [3.05, 3.63) is 35.9 Å². The van der Waals surface area contributed by atoms with Crippen LogP contribution in [0.15, 0.2) is 30.3 Å². The maximum absolute atomic E-state index is 12.6. The van der Waals surface area contributed by atoms with Gasteiger partial charge in [0.2, 0.25) is 5.91 Å². The van der Waals surface area contributed by atoms with Crippen LogP contribution in [-0.2, 0) is 4.79 Å². The van der Waals surface area contributed by atoms with Gasteiger partial charge in [0, 0.05) is 18.5 Å². The summed E-state index contributed by atoms with van der Waals surface area (Å²) in [6.07, 6.45) is 5.03. The maximum atomic E-state index is 12.6. The fraction of sp³-hybridized carbons (Fsp3) is 0.611. The number of hydrogen-bond acceptors (Lipinski definition) is 2. The standard InChI is InChI=1S/C18H23NO2/c20-17(12-4-2-1-3-5-12)10-11-19-16-9-8-15(18(19)21)13-6-7-14(13)16/h1-5,13-17,20H,6-11H2/t13-,14+,15-,16+,17-/m1/s1. The summed E-state index contributed by atoms with van der Waals surface area (Å²) in [4.78, 5) is 14.7. The predicted molar refractivity (Wildman–Crippen MR) is 80.5 cm³/mol. The highest BCUT2D eigenvalue weighted by atomic mass is 16.3. The lowest BCUT2D eigenvalue weighted by Crippen LogP contribution is -2.63. The number of fused-ring (bicyclic) bond motifs is 2. The fourth-order valence-corrected chi connectivity index (χ4v) is 4.76. The number of benzene rings is 1. The highest BCUT2D eigenvalue weighted by Gasteiger charge is 2.55. The molecule has 2 saturated heterocycles. The van der Waals surface area contributed by atoms with Crippen LogP contribution in [0.1, 0.15) is 43.8 Å². The minimum absolute atomic E-state index is 0.294. The number of aliphatic hydroxyl groups is 1. The Morgan fingerprint density at radius 1 is 1.10 bits per heavy atom. The average molecular weight is 285 g/mol. The Bertz CT molecular complexity index is 529. The molecular formula is C18H23NO2. The van der Waals surface area contributed by atoms with Crippen molar-refractivity contribution in [3.8, 4) is 0 Å². The summed E-state index contributed by atoms with van der Waals surface area (Å²) in [6.45, 7) is 0.708. The van der Waals surface area contributed by atoms with Gasteiger partial charge in [0.15, 0.2) is 0 Å². The number of amides is 1. The van der Waals surface area contributed by atoms with Crippen molar-refractivity contribution < 1.29 is 9.90 Å². The minimum Gasteiger partial charge on any atom is -0.388 e. The van der Waals surface area contributed by atoms with Crippen LogP contribution >= 0.6 is 0 Å². The van der Waals surface area contributed by atoms with Crippen LogP contribution in [0.4, 0.5) is 0 Å². The van der Waals surface area contributed by atoms with E-state index in [1.807, 2.05) is 30.3 Å². The van der Waals surface area contributed by atoms with Gasteiger partial charge >= 0.3 is 0 Å². The Labute approximate surface area is 126 Å². The van der Waals surface area contributed by atoms with Crippen molar-refractivity contribution in [1.82, 2.24) is 4.90 Å². The molecule has 1 amide bonds. The van der Waals surface area contributed by atoms with Gasteiger partial charge in [-0.05, 0) is 49.5 Å². The van der Waals surface area contributed by atoms with Gasteiger partial charge in [-0.25, -0.2) is 0 Å². The number of nitrogens with zero attached hydrogens (tertiary/aromatic N) is 1. The van der Waals surface area contributed by atoms with Gasteiger partial charge in [0.25, 0.3) is 0 Å². The van der Waals surface area contributed by atoms with Gasteiger partial charge in [0.1, 0.15) is 0 Å². The average Bonchev–Trinajstić information content (AvgIpc) is 2.48. The smallest absolute Gasteiger partial charge is 0.226 e. The Hall–Kier alpha value is -1.35. The van der Waals surface area contributed by atoms with Crippen molar-refractivity contribution in [1.29, 1.82) is 0 Å². The molecule has 0 spiro atoms. The third-order valence-corrected chi connectivity index (χ3v) is 6.00. The van der Waals surface area contributed by atoms with Crippen LogP contribution in [0.3, 0.4) is 0 Å². The van der Waals surface area contributed by atoms with Gasteiger partial charge in [-0.2, -0.15) is 0 Å². The molecule has 2 saturated carbocycles. The summed E-state index contributed by atoms with van der Waals surface area (Å²) in [5.74, 6) is 2.11. The zero-order chi connectivity index (χ0) is 14.4. The Morgan fingerprint density at radius 2 is 1.86 bits per heavy atom. The van der Waals surface area contributed by atoms with Crippen LogP contribution in [0.5, 0.6) is 0 Å². The fourth-order valence-electron chi connectivity index (χ4n) is 4.76. The van der Waals surface area contributed by atoms with E-state index in [4.69, 9.17) is 0 Å². The molecule has 3 nitrogen and oxygen atoms in total. The monoisotopic (exact) mass is 285 g/mol. The third kappa shape index (κ3) is 2.10. The normalized spacial score (nSPS) is 35.3. The molecule has 1 aromatic rings. The van der Waals surface area contributed by atoms with E-state index in [2.05, 4.69) is 4.90 Å². The van der Waals surface area contributed by atoms with Crippen LogP contribution in [0.2, 0.25) is 0 Å². The Kier molecular flexibility index (Phi) is 3.26. The second-order valence-corrected chi connectivity index (χ2v) is 6.90. The van der Waals surface area contributed by atoms with E-state index in [9.17, 15) is 9.90 Å². The summed E-state index contributed by atoms with van der Waals surface area (Å²) < 4.78 is 0. The Morgan fingerprint density at radius 3 is 2.57 bits per heavy atom. The summed E-state index contributed by atoms with van der Waals surface area (Å²) in [7, 11) is 0. The molecule has 0 unspecified atom stereocenters. The summed E-state index contributed by atoms with van der Waals surface area (Å²) >= 11 is 0. The first-order valence-corrected chi connectivity index (χ1v) is 8.29. The third-order valence-electron chi connectivity index (χ3n) is 6.00. The van der Waals surface area contributed by atoms with Crippen LogP contribution < -0.4 is 0 Å². The second kappa shape index (κ2) is 5.13. The molecule has 112 valence electrons. The molecule has 4 fully saturated rings. The molecule has 2 aliphatic heterocycles. The maximum Gasteiger partial charge on any atom is 0.226 e. The molecule has 4 aliphatic rings. The number of piperidine rings is 2. The van der Waals surface area contributed by atoms with E-state index < -0.39 is 6.10 Å². The van der Waals surface area contributed by atoms with Crippen LogP contribution in [0, 0.1) is 17.8 Å². The Balaban J connectivity index is 1.42. The number of carbonyl (C=O) groups is 1. The van der Waals surface area contributed by atoms with Crippen molar-refractivity contribution in [2.24, 2.45) is 17.8 Å². The number of hydrogen-bond donors (Lipinski definition) is 1. The van der Waals surface area contributed by atoms with Crippen molar-refractivity contribution in [2.75, 3.05) is 6.54 Å². The van der Waals surface area contributed by atoms with E-state index in [0.717, 1.165) is 17.9 Å². The highest BCUT2D eigenvalue weighted by molar-refractivity contribution is 5.81. The number of aliphatic hydroxyl groups excluding tert-OH is 1. The van der Waals surface area contributed by atoms with Crippen molar-refractivity contribution in [2.45, 2.75) is 44.2 Å². The van der Waals surface area contributed by atoms with Gasteiger partial charge < -0.3 is 10.0 Å². The predicted octanol–water partition coefficient (Wildman–Crippen LogP) is 2.76. The molecule has 0 aromatic heterocycles. The van der Waals surface area contributed by atoms with Gasteiger partial charge in [-0.15, -0.1) is 0 Å². The van der Waals surface area contributed by atoms with Crippen molar-refractivity contribution >= 4 is 5.91 Å². The summed E-state index contributed by atoms with van der Waals surface area (Å²) in [5.41, 5.74) is 0.952. The lowest BCUT2D eigenvalue weighted by Gasteiger charge is -2.59. The number of carbonyl (C=O) groups excluding carboxylic acids is 1. The molecule has 2 bridgehead atoms. The molecule has 21 heavy (non-hydrogen) atoms. The summed E-state index contributed by atoms with van der Waals surface area (Å²) in [6, 6.07) is 10.2. The topological polar surface area (TPSA) is 40.5 Å². The zero-order valence-electron chi connectivity index (χ0n) is 12.3. The van der Waals surface area contributed by atoms with Gasteiger partial charge in [0.05, 0.1) is 6.10 Å². The lowest BCUT2D eigenvalue weighted by molar-refractivity contribution is -0.167. The van der Waals surface area contributed by atoms with E-state index in [1.165, 1.54) is 19.3 Å². The molecule has 0 radical (unpaired) electrons. The molecule has 5 rings (SSSR count). The molecule has 2 heterocycles. The highest BCUT2D eigenvalue weighted by Crippen LogP contribution is 2.54. The van der Waals surface area contributed by atoms with Crippen LogP contribution in [-0.4, -0.2) is 28.5 Å². The largest absolute Gasteiger partial charge is 0.388 e. The van der Waals surface area contributed by atoms with Crippen LogP contribution in [0.25, 0.3) is 0 Å². The van der Waals surface area contributed by atoms with Gasteiger partial charge in [-0.1, -0.05) is 30.3 Å². The SMILES string of the molecule is O=C1[C@@H]2CC[C@@H]([C@H]3CC[C@H]32)N1CC[C@@H](O)c1ccccc1. The first-order chi connectivity index (χ1) is 10.3. The molecule has 3 heteroatoms. The molecule has 1 aromatic carbocycles. The second-order valence-electron chi connectivity index (χ2n) is 6.90. The van der Waals surface area contributed by atoms with E-state index in [1.54, 1.807) is 0 Å². The minimum atomic E-state index is -0.461. The molecular weight excluding hydrogens is 262 g/mol.